The van der Waals surface area contributed by atoms with Gasteiger partial charge >= 0.3 is 0 Å². The third-order valence-corrected chi connectivity index (χ3v) is 9.51. The van der Waals surface area contributed by atoms with Gasteiger partial charge in [-0.25, -0.2) is 0 Å². The maximum Gasteiger partial charge on any atom is 0.295 e. The zero-order valence-electron chi connectivity index (χ0n) is 29.3. The van der Waals surface area contributed by atoms with Crippen molar-refractivity contribution < 1.29 is 28.6 Å². The minimum absolute atomic E-state index is 0.0134. The number of carbonyl (C=O) groups is 3. The Balaban J connectivity index is 1.35. The smallest absolute Gasteiger partial charge is 0.295 e. The average Bonchev–Trinajstić information content (AvgIpc) is 3.58. The first-order valence-corrected chi connectivity index (χ1v) is 17.5. The first-order valence-electron chi connectivity index (χ1n) is 17.5. The third-order valence-electron chi connectivity index (χ3n) is 9.51. The van der Waals surface area contributed by atoms with Crippen LogP contribution in [0.3, 0.4) is 0 Å². The Morgan fingerprint density at radius 1 is 0.720 bits per heavy atom. The molecule has 1 aliphatic heterocycles. The number of nitrogens with zero attached hydrogens (tertiary/aromatic N) is 1. The molecule has 1 saturated heterocycles. The van der Waals surface area contributed by atoms with Gasteiger partial charge in [-0.1, -0.05) is 91.0 Å². The molecule has 4 aromatic rings. The predicted octanol–water partition coefficient (Wildman–Crippen LogP) is 6.89. The molecule has 1 heterocycles. The number of benzene rings is 4. The summed E-state index contributed by atoms with van der Waals surface area (Å²) in [6.07, 6.45) is 6.47. The van der Waals surface area contributed by atoms with Gasteiger partial charge in [0.15, 0.2) is 11.5 Å². The zero-order chi connectivity index (χ0) is 35.3. The number of likely N-dealkylation sites (tertiary alicyclic amines) is 1. The molecule has 0 saturated carbocycles. The lowest BCUT2D eigenvalue weighted by Gasteiger charge is -2.26. The Morgan fingerprint density at radius 2 is 1.22 bits per heavy atom. The molecule has 50 heavy (non-hydrogen) atoms. The van der Waals surface area contributed by atoms with Crippen molar-refractivity contribution >= 4 is 17.6 Å². The fraction of sp³-hybridized carbons (Fsp3) is 0.357. The van der Waals surface area contributed by atoms with Gasteiger partial charge < -0.3 is 24.4 Å². The molecule has 8 heteroatoms. The Kier molecular flexibility index (Phi) is 13.1. The Morgan fingerprint density at radius 3 is 1.70 bits per heavy atom. The van der Waals surface area contributed by atoms with Crippen LogP contribution in [0.15, 0.2) is 103 Å². The second-order valence-corrected chi connectivity index (χ2v) is 13.0. The molecule has 2 amide bonds. The van der Waals surface area contributed by atoms with Crippen LogP contribution in [-0.2, 0) is 28.9 Å². The molecule has 0 aliphatic carbocycles. The van der Waals surface area contributed by atoms with E-state index in [4.69, 9.17) is 14.2 Å². The molecule has 0 aromatic heterocycles. The molecule has 2 atom stereocenters. The van der Waals surface area contributed by atoms with Crippen LogP contribution in [0.25, 0.3) is 0 Å². The highest BCUT2D eigenvalue weighted by atomic mass is 16.5. The summed E-state index contributed by atoms with van der Waals surface area (Å²) in [7, 11) is 4.39. The molecule has 1 fully saturated rings. The number of rotatable bonds is 17. The van der Waals surface area contributed by atoms with Gasteiger partial charge in [0.2, 0.25) is 11.7 Å². The van der Waals surface area contributed by atoms with E-state index >= 15 is 0 Å². The fourth-order valence-electron chi connectivity index (χ4n) is 6.94. The van der Waals surface area contributed by atoms with Gasteiger partial charge in [0.05, 0.1) is 21.3 Å². The number of amides is 2. The first kappa shape index (κ1) is 36.2. The quantitative estimate of drug-likeness (QED) is 0.0968. The number of carbonyl (C=O) groups excluding carboxylic acids is 3. The second-order valence-electron chi connectivity index (χ2n) is 13.0. The average molecular weight is 677 g/mol. The van der Waals surface area contributed by atoms with E-state index in [0.29, 0.717) is 25.1 Å². The van der Waals surface area contributed by atoms with E-state index in [2.05, 4.69) is 41.7 Å². The van der Waals surface area contributed by atoms with E-state index in [1.165, 1.54) is 49.5 Å². The van der Waals surface area contributed by atoms with E-state index in [1.54, 1.807) is 0 Å². The molecule has 0 radical (unpaired) electrons. The Hall–Kier alpha value is -5.11. The lowest BCUT2D eigenvalue weighted by molar-refractivity contribution is -0.135. The summed E-state index contributed by atoms with van der Waals surface area (Å²) in [6, 6.07) is 32.9. The molecule has 0 bridgehead atoms. The largest absolute Gasteiger partial charge is 0.493 e. The summed E-state index contributed by atoms with van der Waals surface area (Å²) in [5, 5.41) is 3.33. The lowest BCUT2D eigenvalue weighted by atomic mass is 9.96. The summed E-state index contributed by atoms with van der Waals surface area (Å²) < 4.78 is 16.3. The van der Waals surface area contributed by atoms with Crippen molar-refractivity contribution in [2.75, 3.05) is 27.9 Å². The highest BCUT2D eigenvalue weighted by Crippen LogP contribution is 2.38. The predicted molar refractivity (Wildman–Crippen MR) is 195 cm³/mol. The number of methoxy groups -OCH3 is 3. The first-order chi connectivity index (χ1) is 24.4. The number of ketones is 1. The van der Waals surface area contributed by atoms with Crippen molar-refractivity contribution in [2.45, 2.75) is 63.5 Å². The number of hydrogen-bond donors (Lipinski definition) is 1. The molecule has 1 N–H and O–H groups in total. The molecular formula is C42H48N2O6. The van der Waals surface area contributed by atoms with Crippen LogP contribution in [0.5, 0.6) is 17.2 Å². The summed E-state index contributed by atoms with van der Waals surface area (Å²) in [5.74, 6) is -0.783. The van der Waals surface area contributed by atoms with Crippen molar-refractivity contribution in [3.8, 4) is 17.2 Å². The number of hydrogen-bond acceptors (Lipinski definition) is 6. The minimum atomic E-state index is -0.770. The second kappa shape index (κ2) is 18.0. The monoisotopic (exact) mass is 676 g/mol. The molecule has 0 spiro atoms. The molecule has 262 valence electrons. The van der Waals surface area contributed by atoms with Gasteiger partial charge in [0.25, 0.3) is 11.7 Å². The van der Waals surface area contributed by atoms with Gasteiger partial charge in [0.1, 0.15) is 6.04 Å². The van der Waals surface area contributed by atoms with Crippen LogP contribution >= 0.6 is 0 Å². The van der Waals surface area contributed by atoms with Crippen LogP contribution < -0.4 is 19.5 Å². The van der Waals surface area contributed by atoms with E-state index in [9.17, 15) is 14.4 Å². The molecule has 8 nitrogen and oxygen atoms in total. The zero-order valence-corrected chi connectivity index (χ0v) is 29.3. The van der Waals surface area contributed by atoms with Crippen molar-refractivity contribution in [3.63, 3.8) is 0 Å². The third kappa shape index (κ3) is 9.53. The van der Waals surface area contributed by atoms with Crippen LogP contribution in [0.2, 0.25) is 0 Å². The molecule has 1 aliphatic rings. The highest BCUT2D eigenvalue weighted by molar-refractivity contribution is 6.43. The summed E-state index contributed by atoms with van der Waals surface area (Å²) in [4.78, 5) is 43.5. The highest BCUT2D eigenvalue weighted by Gasteiger charge is 2.42. The van der Waals surface area contributed by atoms with Crippen molar-refractivity contribution in [3.05, 3.63) is 125 Å². The molecule has 4 aromatic carbocycles. The van der Waals surface area contributed by atoms with Crippen LogP contribution in [-0.4, -0.2) is 62.5 Å². The standard InChI is InChI=1S/C42H48N2O6/c1-48-37-27-34(28-38(49-2)40(37)50-3)39(45)42(47)44-29-33(25-32-19-11-6-12-20-32)26-36(44)41(46)43-35(23-13-21-30-15-7-4-8-16-30)24-14-22-31-17-9-5-10-18-31/h4-12,15-20,27-28,33,35-36H,13-14,21-26,29H2,1-3H3,(H,43,46)/t33-,36-/m0/s1. The number of ether oxygens (including phenoxy) is 3. The van der Waals surface area contributed by atoms with Crippen LogP contribution in [0.4, 0.5) is 0 Å². The normalized spacial score (nSPS) is 15.5. The Bertz CT molecular complexity index is 1630. The van der Waals surface area contributed by atoms with Crippen molar-refractivity contribution in [1.82, 2.24) is 10.2 Å². The SMILES string of the molecule is COc1cc(C(=O)C(=O)N2C[C@@H](Cc3ccccc3)C[C@H]2C(=O)NC(CCCc2ccccc2)CCCc2ccccc2)cc(OC)c1OC. The van der Waals surface area contributed by atoms with E-state index in [0.717, 1.165) is 44.1 Å². The van der Waals surface area contributed by atoms with E-state index < -0.39 is 17.7 Å². The van der Waals surface area contributed by atoms with Crippen LogP contribution in [0.1, 0.15) is 59.2 Å². The maximum absolute atomic E-state index is 14.2. The fourth-order valence-corrected chi connectivity index (χ4v) is 6.94. The summed E-state index contributed by atoms with van der Waals surface area (Å²) in [5.41, 5.74) is 3.77. The number of Topliss-reactive ketones (excluding diaryl/α,β-unsaturated/α-hetero) is 1. The molecule has 5 rings (SSSR count). The molecular weight excluding hydrogens is 628 g/mol. The van der Waals surface area contributed by atoms with E-state index in [-0.39, 0.29) is 34.9 Å². The van der Waals surface area contributed by atoms with Crippen molar-refractivity contribution in [1.29, 1.82) is 0 Å². The van der Waals surface area contributed by atoms with Gasteiger partial charge in [-0.2, -0.15) is 0 Å². The van der Waals surface area contributed by atoms with Gasteiger partial charge in [-0.3, -0.25) is 14.4 Å². The number of aryl methyl sites for hydroxylation is 2. The Labute approximate surface area is 295 Å². The van der Waals surface area contributed by atoms with E-state index in [1.807, 2.05) is 54.6 Å². The van der Waals surface area contributed by atoms with Gasteiger partial charge in [-0.15, -0.1) is 0 Å². The van der Waals surface area contributed by atoms with Crippen LogP contribution in [0, 0.1) is 5.92 Å². The molecule has 0 unspecified atom stereocenters. The summed E-state index contributed by atoms with van der Waals surface area (Å²) >= 11 is 0. The van der Waals surface area contributed by atoms with Gasteiger partial charge in [-0.05, 0) is 86.1 Å². The number of nitrogens with one attached hydrogen (secondary N) is 1. The summed E-state index contributed by atoms with van der Waals surface area (Å²) in [6.45, 7) is 0.300. The van der Waals surface area contributed by atoms with Gasteiger partial charge in [0, 0.05) is 18.2 Å². The van der Waals surface area contributed by atoms with Crippen molar-refractivity contribution in [2.24, 2.45) is 5.92 Å². The topological polar surface area (TPSA) is 94.2 Å². The lowest BCUT2D eigenvalue weighted by Crippen LogP contribution is -2.50. The minimum Gasteiger partial charge on any atom is -0.493 e. The maximum atomic E-state index is 14.2.